The third kappa shape index (κ3) is 3.14. The average Bonchev–Trinajstić information content (AvgIpc) is 3.08. The molecule has 3 rings (SSSR count). The zero-order valence-corrected chi connectivity index (χ0v) is 12.0. The number of carbonyl (C=O) groups excluding carboxylic acids is 1. The molecule has 0 aliphatic carbocycles. The lowest BCUT2D eigenvalue weighted by Gasteiger charge is -2.09. The third-order valence-corrected chi connectivity index (χ3v) is 3.96. The maximum Gasteiger partial charge on any atom is 0.270 e. The standard InChI is InChI=1S/C16H13N3OS/c20-16(14-7-8-17-11-19-14)18-10-12-4-1-2-5-13(12)15-6-3-9-21-15/h1-9,11H,10H2,(H,18,20). The minimum atomic E-state index is -0.196. The van der Waals surface area contributed by atoms with Gasteiger partial charge in [0.1, 0.15) is 12.0 Å². The lowest BCUT2D eigenvalue weighted by molar-refractivity contribution is 0.0946. The number of hydrogen-bond donors (Lipinski definition) is 1. The van der Waals surface area contributed by atoms with E-state index in [2.05, 4.69) is 27.4 Å². The van der Waals surface area contributed by atoms with Crippen molar-refractivity contribution in [2.24, 2.45) is 0 Å². The van der Waals surface area contributed by atoms with Crippen LogP contribution in [0.3, 0.4) is 0 Å². The lowest BCUT2D eigenvalue weighted by atomic mass is 10.1. The lowest BCUT2D eigenvalue weighted by Crippen LogP contribution is -2.24. The summed E-state index contributed by atoms with van der Waals surface area (Å²) in [6.45, 7) is 0.469. The van der Waals surface area contributed by atoms with E-state index in [0.29, 0.717) is 12.2 Å². The van der Waals surface area contributed by atoms with Crippen LogP contribution in [0, 0.1) is 0 Å². The molecule has 0 fully saturated rings. The number of carbonyl (C=O) groups is 1. The molecule has 104 valence electrons. The molecule has 2 aromatic heterocycles. The number of amides is 1. The van der Waals surface area contributed by atoms with E-state index < -0.39 is 0 Å². The molecule has 2 heterocycles. The van der Waals surface area contributed by atoms with Crippen LogP contribution >= 0.6 is 11.3 Å². The smallest absolute Gasteiger partial charge is 0.270 e. The highest BCUT2D eigenvalue weighted by atomic mass is 32.1. The van der Waals surface area contributed by atoms with E-state index in [4.69, 9.17) is 0 Å². The van der Waals surface area contributed by atoms with Crippen molar-refractivity contribution in [1.29, 1.82) is 0 Å². The molecule has 1 amide bonds. The van der Waals surface area contributed by atoms with Crippen molar-refractivity contribution in [3.8, 4) is 10.4 Å². The second-order valence-electron chi connectivity index (χ2n) is 4.41. The third-order valence-electron chi connectivity index (χ3n) is 3.06. The van der Waals surface area contributed by atoms with Gasteiger partial charge < -0.3 is 5.32 Å². The Morgan fingerprint density at radius 1 is 1.14 bits per heavy atom. The molecule has 0 unspecified atom stereocenters. The molecule has 21 heavy (non-hydrogen) atoms. The van der Waals surface area contributed by atoms with Gasteiger partial charge >= 0.3 is 0 Å². The summed E-state index contributed by atoms with van der Waals surface area (Å²) in [6.07, 6.45) is 2.93. The van der Waals surface area contributed by atoms with Crippen molar-refractivity contribution >= 4 is 17.2 Å². The molecule has 0 aliphatic heterocycles. The largest absolute Gasteiger partial charge is 0.347 e. The van der Waals surface area contributed by atoms with Gasteiger partial charge in [-0.15, -0.1) is 11.3 Å². The molecular weight excluding hydrogens is 282 g/mol. The van der Waals surface area contributed by atoms with E-state index in [1.165, 1.54) is 11.2 Å². The molecule has 0 saturated heterocycles. The fraction of sp³-hybridized carbons (Fsp3) is 0.0625. The Balaban J connectivity index is 1.76. The van der Waals surface area contributed by atoms with E-state index in [0.717, 1.165) is 11.1 Å². The van der Waals surface area contributed by atoms with E-state index >= 15 is 0 Å². The summed E-state index contributed by atoms with van der Waals surface area (Å²) in [5.74, 6) is -0.196. The molecule has 0 aliphatic rings. The summed E-state index contributed by atoms with van der Waals surface area (Å²) in [7, 11) is 0. The zero-order valence-electron chi connectivity index (χ0n) is 11.2. The van der Waals surface area contributed by atoms with Crippen molar-refractivity contribution in [2.75, 3.05) is 0 Å². The predicted octanol–water partition coefficient (Wildman–Crippen LogP) is 3.14. The van der Waals surface area contributed by atoms with E-state index in [1.54, 1.807) is 23.6 Å². The number of nitrogens with zero attached hydrogens (tertiary/aromatic N) is 2. The van der Waals surface area contributed by atoms with Gasteiger partial charge in [-0.05, 0) is 28.6 Å². The van der Waals surface area contributed by atoms with E-state index in [1.807, 2.05) is 29.6 Å². The highest BCUT2D eigenvalue weighted by Gasteiger charge is 2.09. The van der Waals surface area contributed by atoms with Gasteiger partial charge in [-0.25, -0.2) is 9.97 Å². The molecule has 5 heteroatoms. The monoisotopic (exact) mass is 295 g/mol. The molecular formula is C16H13N3OS. The summed E-state index contributed by atoms with van der Waals surface area (Å²) in [5, 5.41) is 4.94. The van der Waals surface area contributed by atoms with Crippen molar-refractivity contribution in [3.63, 3.8) is 0 Å². The fourth-order valence-electron chi connectivity index (χ4n) is 2.04. The van der Waals surface area contributed by atoms with Crippen LogP contribution < -0.4 is 5.32 Å². The van der Waals surface area contributed by atoms with Crippen LogP contribution in [0.2, 0.25) is 0 Å². The Kier molecular flexibility index (Phi) is 4.02. The number of nitrogens with one attached hydrogen (secondary N) is 1. The van der Waals surface area contributed by atoms with Gasteiger partial charge in [0.05, 0.1) is 0 Å². The van der Waals surface area contributed by atoms with E-state index in [9.17, 15) is 4.79 Å². The van der Waals surface area contributed by atoms with Crippen molar-refractivity contribution in [2.45, 2.75) is 6.54 Å². The first-order valence-corrected chi connectivity index (χ1v) is 7.38. The van der Waals surface area contributed by atoms with Gasteiger partial charge in [-0.2, -0.15) is 0 Å². The van der Waals surface area contributed by atoms with Gasteiger partial charge in [0.25, 0.3) is 5.91 Å². The molecule has 0 saturated carbocycles. The second-order valence-corrected chi connectivity index (χ2v) is 5.36. The van der Waals surface area contributed by atoms with Crippen molar-refractivity contribution in [1.82, 2.24) is 15.3 Å². The van der Waals surface area contributed by atoms with Crippen molar-refractivity contribution in [3.05, 3.63) is 71.6 Å². The second kappa shape index (κ2) is 6.28. The Hall–Kier alpha value is -2.53. The molecule has 0 spiro atoms. The number of hydrogen-bond acceptors (Lipinski definition) is 4. The Morgan fingerprint density at radius 2 is 2.05 bits per heavy atom. The average molecular weight is 295 g/mol. The highest BCUT2D eigenvalue weighted by molar-refractivity contribution is 7.13. The SMILES string of the molecule is O=C(NCc1ccccc1-c1cccs1)c1ccncn1. The van der Waals surface area contributed by atoms with Gasteiger partial charge in [0.15, 0.2) is 0 Å². The van der Waals surface area contributed by atoms with Crippen LogP contribution in [0.1, 0.15) is 16.1 Å². The highest BCUT2D eigenvalue weighted by Crippen LogP contribution is 2.27. The summed E-state index contributed by atoms with van der Waals surface area (Å²) >= 11 is 1.69. The first-order valence-electron chi connectivity index (χ1n) is 6.50. The Labute approximate surface area is 126 Å². The van der Waals surface area contributed by atoms with Gasteiger partial charge in [0.2, 0.25) is 0 Å². The summed E-state index contributed by atoms with van der Waals surface area (Å²) < 4.78 is 0. The molecule has 0 radical (unpaired) electrons. The van der Waals surface area contributed by atoms with Crippen molar-refractivity contribution < 1.29 is 4.79 Å². The molecule has 1 aromatic carbocycles. The van der Waals surface area contributed by atoms with Crippen LogP contribution in [0.5, 0.6) is 0 Å². The molecule has 1 N–H and O–H groups in total. The van der Waals surface area contributed by atoms with Crippen LogP contribution in [-0.2, 0) is 6.54 Å². The Bertz CT molecular complexity index is 726. The Morgan fingerprint density at radius 3 is 2.81 bits per heavy atom. The van der Waals surface area contributed by atoms with Gasteiger partial charge in [-0.1, -0.05) is 30.3 Å². The van der Waals surface area contributed by atoms with Gasteiger partial charge in [0, 0.05) is 17.6 Å². The normalized spacial score (nSPS) is 10.3. The predicted molar refractivity (Wildman–Crippen MR) is 83.0 cm³/mol. The first-order chi connectivity index (χ1) is 10.3. The fourth-order valence-corrected chi connectivity index (χ4v) is 2.82. The first kappa shape index (κ1) is 13.5. The zero-order chi connectivity index (χ0) is 14.5. The number of rotatable bonds is 4. The van der Waals surface area contributed by atoms with Gasteiger partial charge in [-0.3, -0.25) is 4.79 Å². The minimum absolute atomic E-state index is 0.196. The van der Waals surface area contributed by atoms with Crippen LogP contribution in [-0.4, -0.2) is 15.9 Å². The summed E-state index contributed by atoms with van der Waals surface area (Å²) in [6, 6.07) is 13.8. The van der Waals surface area contributed by atoms with E-state index in [-0.39, 0.29) is 5.91 Å². The number of benzene rings is 1. The maximum atomic E-state index is 12.0. The summed E-state index contributed by atoms with van der Waals surface area (Å²) in [5.41, 5.74) is 2.61. The van der Waals surface area contributed by atoms with Crippen LogP contribution in [0.4, 0.5) is 0 Å². The molecule has 0 bridgehead atoms. The molecule has 3 aromatic rings. The quantitative estimate of drug-likeness (QED) is 0.804. The molecule has 4 nitrogen and oxygen atoms in total. The topological polar surface area (TPSA) is 54.9 Å². The summed E-state index contributed by atoms with van der Waals surface area (Å²) in [4.78, 5) is 21.0. The number of aromatic nitrogens is 2. The number of thiophene rings is 1. The van der Waals surface area contributed by atoms with Crippen LogP contribution in [0.25, 0.3) is 10.4 Å². The maximum absolute atomic E-state index is 12.0. The molecule has 0 atom stereocenters. The minimum Gasteiger partial charge on any atom is -0.347 e. The van der Waals surface area contributed by atoms with Crippen LogP contribution in [0.15, 0.2) is 60.4 Å².